The fraction of sp³-hybridized carbons (Fsp3) is 0.273. The van der Waals surface area contributed by atoms with Gasteiger partial charge < -0.3 is 4.74 Å². The Morgan fingerprint density at radius 1 is 1.00 bits per heavy atom. The maximum absolute atomic E-state index is 12.7. The molecule has 3 rings (SSSR count). The van der Waals surface area contributed by atoms with Crippen LogP contribution in [0.2, 0.25) is 0 Å². The molecule has 0 saturated heterocycles. The van der Waals surface area contributed by atoms with Crippen molar-refractivity contribution in [1.82, 2.24) is 4.57 Å². The van der Waals surface area contributed by atoms with E-state index in [4.69, 9.17) is 4.74 Å². The number of hydrogen-bond donors (Lipinski definition) is 0. The summed E-state index contributed by atoms with van der Waals surface area (Å²) in [4.78, 5) is 25.0. The van der Waals surface area contributed by atoms with Gasteiger partial charge in [-0.1, -0.05) is 43.3 Å². The molecule has 0 N–H and O–H groups in total. The van der Waals surface area contributed by atoms with Gasteiger partial charge in [-0.3, -0.25) is 9.36 Å². The van der Waals surface area contributed by atoms with Crippen LogP contribution in [0.1, 0.15) is 49.5 Å². The Morgan fingerprint density at radius 3 is 2.35 bits per heavy atom. The van der Waals surface area contributed by atoms with Crippen molar-refractivity contribution in [2.45, 2.75) is 39.2 Å². The molecule has 0 saturated carbocycles. The molecule has 3 aromatic rings. The van der Waals surface area contributed by atoms with Gasteiger partial charge in [-0.15, -0.1) is 0 Å². The first-order chi connectivity index (χ1) is 12.3. The van der Waals surface area contributed by atoms with Crippen molar-refractivity contribution < 1.29 is 14.3 Å². The first-order valence-electron chi connectivity index (χ1n) is 8.70. The smallest absolute Gasteiger partial charge is 0.418 e. The van der Waals surface area contributed by atoms with Gasteiger partial charge in [0.1, 0.15) is 5.60 Å². The SMILES string of the molecule is C[C@H](C(=O)c1ccccc1)c1ccc2c(ccn2C(=O)OC(C)(C)C)c1. The highest BCUT2D eigenvalue weighted by molar-refractivity contribution is 6.01. The minimum Gasteiger partial charge on any atom is -0.443 e. The normalized spacial score (nSPS) is 12.8. The van der Waals surface area contributed by atoms with Gasteiger partial charge in [-0.25, -0.2) is 4.79 Å². The molecule has 0 fully saturated rings. The Morgan fingerprint density at radius 2 is 1.69 bits per heavy atom. The Kier molecular flexibility index (Phi) is 4.68. The van der Waals surface area contributed by atoms with Gasteiger partial charge in [-0.05, 0) is 44.5 Å². The van der Waals surface area contributed by atoms with Crippen LogP contribution in [0.15, 0.2) is 60.8 Å². The number of ketones is 1. The lowest BCUT2D eigenvalue weighted by atomic mass is 9.92. The molecule has 26 heavy (non-hydrogen) atoms. The Balaban J connectivity index is 1.89. The highest BCUT2D eigenvalue weighted by Gasteiger charge is 2.21. The van der Waals surface area contributed by atoms with E-state index in [9.17, 15) is 9.59 Å². The molecule has 4 nitrogen and oxygen atoms in total. The second-order valence-electron chi connectivity index (χ2n) is 7.44. The van der Waals surface area contributed by atoms with E-state index >= 15 is 0 Å². The molecular formula is C22H23NO3. The zero-order valence-corrected chi connectivity index (χ0v) is 15.5. The average molecular weight is 349 g/mol. The third-order valence-corrected chi connectivity index (χ3v) is 4.26. The summed E-state index contributed by atoms with van der Waals surface area (Å²) in [6.07, 6.45) is 1.29. The number of hydrogen-bond acceptors (Lipinski definition) is 3. The van der Waals surface area contributed by atoms with Crippen LogP contribution in [0.3, 0.4) is 0 Å². The summed E-state index contributed by atoms with van der Waals surface area (Å²) < 4.78 is 6.93. The van der Waals surface area contributed by atoms with E-state index in [0.717, 1.165) is 16.5 Å². The summed E-state index contributed by atoms with van der Waals surface area (Å²) in [5, 5.41) is 0.904. The van der Waals surface area contributed by atoms with Crippen LogP contribution >= 0.6 is 0 Å². The molecule has 0 aliphatic carbocycles. The molecule has 0 radical (unpaired) electrons. The molecule has 1 aromatic heterocycles. The van der Waals surface area contributed by atoms with Crippen LogP contribution in [-0.4, -0.2) is 22.0 Å². The number of benzene rings is 2. The summed E-state index contributed by atoms with van der Waals surface area (Å²) in [5.74, 6) is -0.178. The highest BCUT2D eigenvalue weighted by atomic mass is 16.6. The number of carbonyl (C=O) groups excluding carboxylic acids is 2. The number of ether oxygens (including phenoxy) is 1. The van der Waals surface area contributed by atoms with E-state index < -0.39 is 11.7 Å². The van der Waals surface area contributed by atoms with Crippen molar-refractivity contribution in [3.63, 3.8) is 0 Å². The van der Waals surface area contributed by atoms with Crippen molar-refractivity contribution >= 4 is 22.8 Å². The predicted octanol–water partition coefficient (Wildman–Crippen LogP) is 5.41. The standard InChI is InChI=1S/C22H23NO3/c1-15(20(24)16-8-6-5-7-9-16)17-10-11-19-18(14-17)12-13-23(19)21(25)26-22(2,3)4/h5-15H,1-4H3/t15-/m0/s1. The van der Waals surface area contributed by atoms with Crippen LogP contribution in [0.5, 0.6) is 0 Å². The van der Waals surface area contributed by atoms with Crippen molar-refractivity contribution in [1.29, 1.82) is 0 Å². The molecule has 1 atom stereocenters. The topological polar surface area (TPSA) is 48.3 Å². The molecule has 0 aliphatic heterocycles. The Labute approximate surface area is 153 Å². The molecule has 4 heteroatoms. The van der Waals surface area contributed by atoms with E-state index in [0.29, 0.717) is 5.56 Å². The molecule has 134 valence electrons. The minimum atomic E-state index is -0.551. The minimum absolute atomic E-state index is 0.0801. The zero-order valence-electron chi connectivity index (χ0n) is 15.5. The number of rotatable bonds is 3. The second-order valence-corrected chi connectivity index (χ2v) is 7.44. The van der Waals surface area contributed by atoms with Crippen molar-refractivity contribution in [3.8, 4) is 0 Å². The lowest BCUT2D eigenvalue weighted by molar-refractivity contribution is 0.0544. The first-order valence-corrected chi connectivity index (χ1v) is 8.70. The predicted molar refractivity (Wildman–Crippen MR) is 103 cm³/mol. The number of Topliss-reactive ketones (excluding diaryl/α,β-unsaturated/α-hetero) is 1. The molecule has 2 aromatic carbocycles. The fourth-order valence-corrected chi connectivity index (χ4v) is 2.90. The molecule has 0 spiro atoms. The Hall–Kier alpha value is -2.88. The monoisotopic (exact) mass is 349 g/mol. The van der Waals surface area contributed by atoms with Crippen LogP contribution in [-0.2, 0) is 4.74 Å². The number of nitrogens with zero attached hydrogens (tertiary/aromatic N) is 1. The quantitative estimate of drug-likeness (QED) is 0.594. The van der Waals surface area contributed by atoms with E-state index in [1.165, 1.54) is 4.57 Å². The summed E-state index contributed by atoms with van der Waals surface area (Å²) in [7, 11) is 0. The number of fused-ring (bicyclic) bond motifs is 1. The molecule has 0 aliphatic rings. The van der Waals surface area contributed by atoms with Gasteiger partial charge in [-0.2, -0.15) is 0 Å². The second kappa shape index (κ2) is 6.79. The van der Waals surface area contributed by atoms with Crippen LogP contribution < -0.4 is 0 Å². The largest absolute Gasteiger partial charge is 0.443 e. The zero-order chi connectivity index (χ0) is 18.9. The molecular weight excluding hydrogens is 326 g/mol. The van der Waals surface area contributed by atoms with Gasteiger partial charge in [0.25, 0.3) is 0 Å². The first kappa shape index (κ1) is 17.9. The molecule has 0 bridgehead atoms. The summed E-state index contributed by atoms with van der Waals surface area (Å²) >= 11 is 0. The summed E-state index contributed by atoms with van der Waals surface area (Å²) in [5.41, 5.74) is 1.84. The van der Waals surface area contributed by atoms with Crippen molar-refractivity contribution in [2.75, 3.05) is 0 Å². The van der Waals surface area contributed by atoms with Gasteiger partial charge >= 0.3 is 6.09 Å². The lowest BCUT2D eigenvalue weighted by Gasteiger charge is -2.19. The maximum atomic E-state index is 12.7. The van der Waals surface area contributed by atoms with Gasteiger partial charge in [0.15, 0.2) is 5.78 Å². The number of aromatic nitrogens is 1. The van der Waals surface area contributed by atoms with Crippen molar-refractivity contribution in [3.05, 3.63) is 71.9 Å². The Bertz CT molecular complexity index is 948. The van der Waals surface area contributed by atoms with Crippen molar-refractivity contribution in [2.24, 2.45) is 0 Å². The van der Waals surface area contributed by atoms with Gasteiger partial charge in [0.2, 0.25) is 0 Å². The third kappa shape index (κ3) is 3.69. The summed E-state index contributed by atoms with van der Waals surface area (Å²) in [6, 6.07) is 16.9. The van der Waals surface area contributed by atoms with E-state index in [1.807, 2.05) is 82.3 Å². The number of carbonyl (C=O) groups is 2. The molecule has 0 amide bonds. The van der Waals surface area contributed by atoms with E-state index in [-0.39, 0.29) is 11.7 Å². The van der Waals surface area contributed by atoms with E-state index in [1.54, 1.807) is 6.20 Å². The average Bonchev–Trinajstić information content (AvgIpc) is 3.03. The summed E-state index contributed by atoms with van der Waals surface area (Å²) in [6.45, 7) is 7.42. The molecule has 1 heterocycles. The van der Waals surface area contributed by atoms with Gasteiger partial charge in [0, 0.05) is 23.1 Å². The van der Waals surface area contributed by atoms with Crippen LogP contribution in [0.25, 0.3) is 10.9 Å². The van der Waals surface area contributed by atoms with E-state index in [2.05, 4.69) is 0 Å². The van der Waals surface area contributed by atoms with Crippen LogP contribution in [0.4, 0.5) is 4.79 Å². The van der Waals surface area contributed by atoms with Gasteiger partial charge in [0.05, 0.1) is 5.52 Å². The lowest BCUT2D eigenvalue weighted by Crippen LogP contribution is -2.26. The fourth-order valence-electron chi connectivity index (χ4n) is 2.90. The molecule has 0 unspecified atom stereocenters. The van der Waals surface area contributed by atoms with Crippen LogP contribution in [0, 0.1) is 0 Å². The maximum Gasteiger partial charge on any atom is 0.418 e. The highest BCUT2D eigenvalue weighted by Crippen LogP contribution is 2.26. The third-order valence-electron chi connectivity index (χ3n) is 4.26.